The highest BCUT2D eigenvalue weighted by Crippen LogP contribution is 2.26. The molecule has 0 unspecified atom stereocenters. The lowest BCUT2D eigenvalue weighted by Gasteiger charge is -2.36. The van der Waals surface area contributed by atoms with Crippen molar-refractivity contribution in [1.29, 1.82) is 0 Å². The number of ether oxygens (including phenoxy) is 2. The van der Waals surface area contributed by atoms with Crippen molar-refractivity contribution in [3.63, 3.8) is 0 Å². The average molecular weight is 331 g/mol. The second-order valence-corrected chi connectivity index (χ2v) is 7.34. The number of hydrogen-bond donors (Lipinski definition) is 1. The van der Waals surface area contributed by atoms with Gasteiger partial charge in [0.25, 0.3) is 0 Å². The number of nitrogens with zero attached hydrogens (tertiary/aromatic N) is 1. The first-order valence-electron chi connectivity index (χ1n) is 8.55. The predicted octanol–water partition coefficient (Wildman–Crippen LogP) is 1.86. The molecule has 2 radical (unpaired) electrons. The van der Waals surface area contributed by atoms with Gasteiger partial charge in [-0.1, -0.05) is 12.1 Å². The Hall–Kier alpha value is -1.17. The lowest BCUT2D eigenvalue weighted by Crippen LogP contribution is -2.44. The Morgan fingerprint density at radius 2 is 2.04 bits per heavy atom. The Balaban J connectivity index is 1.77. The van der Waals surface area contributed by atoms with Crippen molar-refractivity contribution in [3.05, 3.63) is 23.8 Å². The van der Waals surface area contributed by atoms with Crippen LogP contribution in [0.15, 0.2) is 18.2 Å². The molecule has 2 aliphatic rings. The molecule has 3 rings (SSSR count). The summed E-state index contributed by atoms with van der Waals surface area (Å²) in [7, 11) is 3.83. The maximum absolute atomic E-state index is 6.08. The lowest BCUT2D eigenvalue weighted by molar-refractivity contribution is 0.0272. The summed E-state index contributed by atoms with van der Waals surface area (Å²) in [5.41, 5.74) is 7.79. The van der Waals surface area contributed by atoms with Crippen molar-refractivity contribution >= 4 is 20.7 Å². The highest BCUT2D eigenvalue weighted by molar-refractivity contribution is 6.44. The summed E-state index contributed by atoms with van der Waals surface area (Å²) in [6.45, 7) is 6.89. The van der Waals surface area contributed by atoms with E-state index in [1.54, 1.807) is 0 Å². The van der Waals surface area contributed by atoms with Gasteiger partial charge in [-0.15, -0.1) is 0 Å². The van der Waals surface area contributed by atoms with Crippen LogP contribution in [-0.2, 0) is 4.74 Å². The predicted molar refractivity (Wildman–Crippen MR) is 95.4 cm³/mol. The molecule has 23 heavy (non-hydrogen) atoms. The Labute approximate surface area is 142 Å². The Kier molecular flexibility index (Phi) is 5.51. The van der Waals surface area contributed by atoms with E-state index in [4.69, 9.17) is 15.2 Å². The molecular formula is C18H26N2O2Si. The van der Waals surface area contributed by atoms with Gasteiger partial charge in [0.15, 0.2) is 0 Å². The molecule has 2 N–H and O–H groups in total. The fourth-order valence-electron chi connectivity index (χ4n) is 3.46. The normalized spacial score (nSPS) is 24.7. The van der Waals surface area contributed by atoms with Crippen LogP contribution < -0.4 is 10.5 Å². The molecule has 1 atom stereocenters. The van der Waals surface area contributed by atoms with E-state index in [0.717, 1.165) is 69.2 Å². The van der Waals surface area contributed by atoms with E-state index in [-0.39, 0.29) is 0 Å². The minimum absolute atomic E-state index is 0.489. The molecular weight excluding hydrogens is 304 g/mol. The van der Waals surface area contributed by atoms with Crippen LogP contribution in [0.5, 0.6) is 5.75 Å². The first-order valence-corrected chi connectivity index (χ1v) is 9.05. The van der Waals surface area contributed by atoms with Gasteiger partial charge in [0, 0.05) is 65.4 Å². The van der Waals surface area contributed by atoms with Gasteiger partial charge in [0.1, 0.15) is 5.75 Å². The van der Waals surface area contributed by atoms with Crippen molar-refractivity contribution in [2.75, 3.05) is 38.6 Å². The van der Waals surface area contributed by atoms with Crippen LogP contribution in [0.25, 0.3) is 0 Å². The molecule has 0 aromatic heterocycles. The summed E-state index contributed by atoms with van der Waals surface area (Å²) in [4.78, 5) is 2.62. The van der Waals surface area contributed by atoms with E-state index in [1.165, 1.54) is 5.17 Å². The molecule has 124 valence electrons. The van der Waals surface area contributed by atoms with Gasteiger partial charge < -0.3 is 15.2 Å². The number of hydrogen-bond acceptors (Lipinski definition) is 4. The van der Waals surface area contributed by atoms with Gasteiger partial charge in [0.05, 0.1) is 6.61 Å². The summed E-state index contributed by atoms with van der Waals surface area (Å²) in [6.07, 6.45) is 3.26. The monoisotopic (exact) mass is 330 g/mol. The minimum atomic E-state index is 0.489. The summed E-state index contributed by atoms with van der Waals surface area (Å²) in [5, 5.41) is 1.19. The van der Waals surface area contributed by atoms with Crippen LogP contribution in [0.2, 0.25) is 0 Å². The Morgan fingerprint density at radius 3 is 2.83 bits per heavy atom. The number of benzene rings is 1. The Bertz CT molecular complexity index is 558. The van der Waals surface area contributed by atoms with E-state index in [9.17, 15) is 0 Å². The van der Waals surface area contributed by atoms with E-state index in [0.29, 0.717) is 12.0 Å². The van der Waals surface area contributed by atoms with E-state index >= 15 is 0 Å². The molecule has 2 heterocycles. The second-order valence-electron chi connectivity index (χ2n) is 6.74. The largest absolute Gasteiger partial charge is 0.493 e. The fraction of sp³-hybridized carbons (Fsp3) is 0.611. The maximum Gasteiger partial charge on any atom is 0.128 e. The van der Waals surface area contributed by atoms with E-state index < -0.39 is 0 Å². The third-order valence-electron chi connectivity index (χ3n) is 4.76. The topological polar surface area (TPSA) is 47.7 Å². The molecule has 0 saturated carbocycles. The van der Waals surface area contributed by atoms with Crippen LogP contribution in [-0.4, -0.2) is 58.9 Å². The fourth-order valence-corrected chi connectivity index (χ4v) is 3.77. The van der Waals surface area contributed by atoms with Crippen LogP contribution in [0, 0.1) is 5.92 Å². The standard InChI is InChI=1S/C18H26N2O2Si/c1-13-11-20(15-5-8-21-9-6-15)7-4-18(23)16-3-2-14(19)10-17(16)22-12-13/h2-3,10,13,15H,4-9,11-12,19H2,1H3/t13-/m0/s1. The minimum Gasteiger partial charge on any atom is -0.493 e. The van der Waals surface area contributed by atoms with Gasteiger partial charge in [-0.2, -0.15) is 0 Å². The summed E-state index contributed by atoms with van der Waals surface area (Å²) in [5.74, 6) is 1.38. The quantitative estimate of drug-likeness (QED) is 0.631. The number of fused-ring (bicyclic) bond motifs is 1. The third kappa shape index (κ3) is 4.22. The summed E-state index contributed by atoms with van der Waals surface area (Å²) in [6, 6.07) is 6.56. The van der Waals surface area contributed by atoms with Crippen LogP contribution in [0.1, 0.15) is 31.7 Å². The molecule has 0 spiro atoms. The van der Waals surface area contributed by atoms with Crippen molar-refractivity contribution in [2.24, 2.45) is 5.92 Å². The molecule has 0 bridgehead atoms. The second kappa shape index (κ2) is 7.60. The zero-order chi connectivity index (χ0) is 16.2. The molecule has 0 aliphatic carbocycles. The summed E-state index contributed by atoms with van der Waals surface area (Å²) < 4.78 is 11.6. The molecule has 1 aromatic carbocycles. The zero-order valence-corrected chi connectivity index (χ0v) is 14.9. The SMILES string of the molecule is C[C@@H]1COc2cc(N)ccc2C(=[Si])CCN(C2CCOCC2)C1. The van der Waals surface area contributed by atoms with Gasteiger partial charge in [-0.25, -0.2) is 0 Å². The molecule has 1 saturated heterocycles. The smallest absolute Gasteiger partial charge is 0.128 e. The first-order chi connectivity index (χ1) is 11.1. The molecule has 5 heteroatoms. The van der Waals surface area contributed by atoms with Gasteiger partial charge in [-0.05, 0) is 31.4 Å². The van der Waals surface area contributed by atoms with E-state index in [2.05, 4.69) is 27.7 Å². The summed E-state index contributed by atoms with van der Waals surface area (Å²) >= 11 is 0. The van der Waals surface area contributed by atoms with Crippen LogP contribution >= 0.6 is 0 Å². The van der Waals surface area contributed by atoms with Gasteiger partial charge in [0.2, 0.25) is 0 Å². The van der Waals surface area contributed by atoms with Gasteiger partial charge >= 0.3 is 0 Å². The number of nitrogens with two attached hydrogens (primary N) is 1. The zero-order valence-electron chi connectivity index (χ0n) is 13.9. The number of nitrogen functional groups attached to an aromatic ring is 1. The molecule has 1 aromatic rings. The molecule has 0 amide bonds. The van der Waals surface area contributed by atoms with Crippen LogP contribution in [0.4, 0.5) is 5.69 Å². The van der Waals surface area contributed by atoms with Crippen molar-refractivity contribution in [1.82, 2.24) is 4.90 Å². The van der Waals surface area contributed by atoms with Crippen molar-refractivity contribution in [3.8, 4) is 5.75 Å². The van der Waals surface area contributed by atoms with Crippen molar-refractivity contribution < 1.29 is 9.47 Å². The van der Waals surface area contributed by atoms with Crippen LogP contribution in [0.3, 0.4) is 0 Å². The van der Waals surface area contributed by atoms with Crippen molar-refractivity contribution in [2.45, 2.75) is 32.2 Å². The number of rotatable bonds is 1. The maximum atomic E-state index is 6.08. The van der Waals surface area contributed by atoms with E-state index in [1.807, 2.05) is 12.1 Å². The first kappa shape index (κ1) is 16.7. The third-order valence-corrected chi connectivity index (χ3v) is 5.28. The highest BCUT2D eigenvalue weighted by Gasteiger charge is 2.24. The van der Waals surface area contributed by atoms with Gasteiger partial charge in [-0.3, -0.25) is 4.90 Å². The highest BCUT2D eigenvalue weighted by atomic mass is 28.1. The molecule has 1 fully saturated rings. The lowest BCUT2D eigenvalue weighted by atomic mass is 10.0. The molecule has 2 aliphatic heterocycles. The Morgan fingerprint density at radius 1 is 1.26 bits per heavy atom. The average Bonchev–Trinajstić information content (AvgIpc) is 2.57. The molecule has 4 nitrogen and oxygen atoms in total. The number of anilines is 1.